The van der Waals surface area contributed by atoms with Crippen LogP contribution in [0, 0.1) is 23.2 Å². The third-order valence-electron chi connectivity index (χ3n) is 7.14. The molecule has 4 fully saturated rings. The largest absolute Gasteiger partial charge is 0.337 e. The van der Waals surface area contributed by atoms with Crippen LogP contribution in [0.4, 0.5) is 10.5 Å². The summed E-state index contributed by atoms with van der Waals surface area (Å²) in [4.78, 5) is 12.5. The molecule has 4 aliphatic carbocycles. The third-order valence-corrected chi connectivity index (χ3v) is 7.14. The normalized spacial score (nSPS) is 33.9. The number of amides is 2. The number of carbonyl (C=O) groups excluding carboxylic acids is 1. The van der Waals surface area contributed by atoms with Crippen LogP contribution in [0.25, 0.3) is 0 Å². The summed E-state index contributed by atoms with van der Waals surface area (Å²) in [7, 11) is 0. The third kappa shape index (κ3) is 3.43. The highest BCUT2D eigenvalue weighted by Crippen LogP contribution is 2.59. The van der Waals surface area contributed by atoms with Crippen LogP contribution in [-0.4, -0.2) is 12.6 Å². The van der Waals surface area contributed by atoms with E-state index in [1.165, 1.54) is 44.1 Å². The van der Waals surface area contributed by atoms with E-state index in [1.807, 2.05) is 12.1 Å². The van der Waals surface area contributed by atoms with E-state index in [1.54, 1.807) is 0 Å². The SMILES string of the molecule is CCC(C)c1ccccc1NC(=O)NCC12CC3CC(CC(C3)C1)C2. The fraction of sp³-hybridized carbons (Fsp3) is 0.682. The molecular formula is C22H32N2O. The van der Waals surface area contributed by atoms with Gasteiger partial charge in [0.2, 0.25) is 0 Å². The van der Waals surface area contributed by atoms with Gasteiger partial charge in [0.1, 0.15) is 0 Å². The Hall–Kier alpha value is -1.51. The lowest BCUT2D eigenvalue weighted by Crippen LogP contribution is -2.51. The van der Waals surface area contributed by atoms with Crippen molar-refractivity contribution in [3.8, 4) is 0 Å². The van der Waals surface area contributed by atoms with Crippen LogP contribution >= 0.6 is 0 Å². The Labute approximate surface area is 152 Å². The van der Waals surface area contributed by atoms with Crippen LogP contribution < -0.4 is 10.6 Å². The van der Waals surface area contributed by atoms with Crippen LogP contribution in [-0.2, 0) is 0 Å². The number of urea groups is 1. The summed E-state index contributed by atoms with van der Waals surface area (Å²) < 4.78 is 0. The van der Waals surface area contributed by atoms with Gasteiger partial charge in [0.25, 0.3) is 0 Å². The number of hydrogen-bond acceptors (Lipinski definition) is 1. The molecule has 2 amide bonds. The quantitative estimate of drug-likeness (QED) is 0.726. The second-order valence-electron chi connectivity index (χ2n) is 9.12. The number of hydrogen-bond donors (Lipinski definition) is 2. The zero-order valence-electron chi connectivity index (χ0n) is 15.7. The van der Waals surface area contributed by atoms with E-state index >= 15 is 0 Å². The predicted molar refractivity (Wildman–Crippen MR) is 103 cm³/mol. The lowest BCUT2D eigenvalue weighted by molar-refractivity contribution is -0.0496. The molecular weight excluding hydrogens is 308 g/mol. The molecule has 4 bridgehead atoms. The molecule has 5 rings (SSSR count). The first-order chi connectivity index (χ1) is 12.1. The van der Waals surface area contributed by atoms with Crippen molar-refractivity contribution in [1.82, 2.24) is 5.32 Å². The summed E-state index contributed by atoms with van der Waals surface area (Å²) in [6.45, 7) is 5.26. The van der Waals surface area contributed by atoms with Gasteiger partial charge in [0, 0.05) is 12.2 Å². The minimum absolute atomic E-state index is 0.0356. The number of rotatable bonds is 5. The molecule has 0 aliphatic heterocycles. The van der Waals surface area contributed by atoms with Crippen molar-refractivity contribution in [3.63, 3.8) is 0 Å². The Balaban J connectivity index is 1.37. The summed E-state index contributed by atoms with van der Waals surface area (Å²) in [5, 5.41) is 6.33. The van der Waals surface area contributed by atoms with Gasteiger partial charge < -0.3 is 10.6 Å². The monoisotopic (exact) mass is 340 g/mol. The van der Waals surface area contributed by atoms with Crippen LogP contribution in [0.1, 0.15) is 70.3 Å². The second-order valence-corrected chi connectivity index (χ2v) is 9.12. The van der Waals surface area contributed by atoms with Gasteiger partial charge >= 0.3 is 6.03 Å². The molecule has 4 saturated carbocycles. The molecule has 4 aliphatic rings. The number of carbonyl (C=O) groups is 1. The van der Waals surface area contributed by atoms with Gasteiger partial charge in [0.05, 0.1) is 0 Å². The van der Waals surface area contributed by atoms with Crippen molar-refractivity contribution in [2.75, 3.05) is 11.9 Å². The molecule has 1 aromatic rings. The zero-order chi connectivity index (χ0) is 17.4. The van der Waals surface area contributed by atoms with E-state index in [9.17, 15) is 4.79 Å². The maximum Gasteiger partial charge on any atom is 0.319 e. The highest BCUT2D eigenvalue weighted by molar-refractivity contribution is 5.90. The van der Waals surface area contributed by atoms with Crippen molar-refractivity contribution in [2.24, 2.45) is 23.2 Å². The van der Waals surface area contributed by atoms with Crippen LogP contribution in [0.3, 0.4) is 0 Å². The molecule has 3 heteroatoms. The van der Waals surface area contributed by atoms with Gasteiger partial charge in [-0.2, -0.15) is 0 Å². The molecule has 2 N–H and O–H groups in total. The second kappa shape index (κ2) is 6.66. The lowest BCUT2D eigenvalue weighted by atomic mass is 9.49. The molecule has 3 nitrogen and oxygen atoms in total. The van der Waals surface area contributed by atoms with Crippen molar-refractivity contribution in [2.45, 2.75) is 64.7 Å². The minimum atomic E-state index is -0.0356. The average Bonchev–Trinajstić information content (AvgIpc) is 2.59. The summed E-state index contributed by atoms with van der Waals surface area (Å²) in [6.07, 6.45) is 9.44. The number of benzene rings is 1. The Morgan fingerprint density at radius 3 is 2.32 bits per heavy atom. The first-order valence-corrected chi connectivity index (χ1v) is 10.2. The van der Waals surface area contributed by atoms with E-state index in [0.717, 1.165) is 36.4 Å². The average molecular weight is 341 g/mol. The summed E-state index contributed by atoms with van der Waals surface area (Å²) in [6, 6.07) is 8.17. The van der Waals surface area contributed by atoms with E-state index in [2.05, 4.69) is 36.6 Å². The van der Waals surface area contributed by atoms with Gasteiger partial charge in [-0.05, 0) is 85.7 Å². The van der Waals surface area contributed by atoms with Gasteiger partial charge in [-0.15, -0.1) is 0 Å². The minimum Gasteiger partial charge on any atom is -0.337 e. The van der Waals surface area contributed by atoms with Crippen LogP contribution in [0.2, 0.25) is 0 Å². The molecule has 0 spiro atoms. The van der Waals surface area contributed by atoms with E-state index in [0.29, 0.717) is 11.3 Å². The van der Waals surface area contributed by atoms with E-state index < -0.39 is 0 Å². The topological polar surface area (TPSA) is 41.1 Å². The van der Waals surface area contributed by atoms with Gasteiger partial charge in [0.15, 0.2) is 0 Å². The number of nitrogens with one attached hydrogen (secondary N) is 2. The van der Waals surface area contributed by atoms with E-state index in [-0.39, 0.29) is 6.03 Å². The Kier molecular flexibility index (Phi) is 4.51. The van der Waals surface area contributed by atoms with Crippen molar-refractivity contribution in [1.29, 1.82) is 0 Å². The van der Waals surface area contributed by atoms with Crippen molar-refractivity contribution >= 4 is 11.7 Å². The van der Waals surface area contributed by atoms with Crippen molar-refractivity contribution < 1.29 is 4.79 Å². The van der Waals surface area contributed by atoms with Gasteiger partial charge in [-0.25, -0.2) is 4.79 Å². The lowest BCUT2D eigenvalue weighted by Gasteiger charge is -2.56. The molecule has 0 radical (unpaired) electrons. The van der Waals surface area contributed by atoms with Crippen LogP contribution in [0.15, 0.2) is 24.3 Å². The number of para-hydroxylation sites is 1. The van der Waals surface area contributed by atoms with Gasteiger partial charge in [-0.1, -0.05) is 32.0 Å². The maximum absolute atomic E-state index is 12.5. The highest BCUT2D eigenvalue weighted by atomic mass is 16.2. The molecule has 136 valence electrons. The highest BCUT2D eigenvalue weighted by Gasteiger charge is 2.50. The summed E-state index contributed by atoms with van der Waals surface area (Å²) >= 11 is 0. The maximum atomic E-state index is 12.5. The summed E-state index contributed by atoms with van der Waals surface area (Å²) in [5.41, 5.74) is 2.58. The van der Waals surface area contributed by atoms with Crippen molar-refractivity contribution in [3.05, 3.63) is 29.8 Å². The van der Waals surface area contributed by atoms with Gasteiger partial charge in [-0.3, -0.25) is 0 Å². The zero-order valence-corrected chi connectivity index (χ0v) is 15.7. The number of anilines is 1. The first kappa shape index (κ1) is 16.9. The molecule has 0 aromatic heterocycles. The Morgan fingerprint density at radius 1 is 1.12 bits per heavy atom. The molecule has 1 atom stereocenters. The molecule has 1 unspecified atom stereocenters. The first-order valence-electron chi connectivity index (χ1n) is 10.2. The fourth-order valence-corrected chi connectivity index (χ4v) is 6.20. The molecule has 0 heterocycles. The Bertz CT molecular complexity index is 603. The molecule has 25 heavy (non-hydrogen) atoms. The van der Waals surface area contributed by atoms with E-state index in [4.69, 9.17) is 0 Å². The predicted octanol–water partition coefficient (Wildman–Crippen LogP) is 5.54. The molecule has 0 saturated heterocycles. The Morgan fingerprint density at radius 2 is 1.72 bits per heavy atom. The summed E-state index contributed by atoms with van der Waals surface area (Å²) in [5.74, 6) is 3.26. The van der Waals surface area contributed by atoms with Crippen LogP contribution in [0.5, 0.6) is 0 Å². The smallest absolute Gasteiger partial charge is 0.319 e. The molecule has 1 aromatic carbocycles. The standard InChI is InChI=1S/C22H32N2O/c1-3-15(2)19-6-4-5-7-20(19)24-21(25)23-14-22-11-16-8-17(12-22)10-18(9-16)13-22/h4-7,15-18H,3,8-14H2,1-2H3,(H2,23,24,25). The fourth-order valence-electron chi connectivity index (χ4n) is 6.20.